The van der Waals surface area contributed by atoms with Crippen LogP contribution in [0.1, 0.15) is 31.4 Å². The highest BCUT2D eigenvalue weighted by Gasteiger charge is 2.20. The molecule has 0 unspecified atom stereocenters. The van der Waals surface area contributed by atoms with E-state index in [1.165, 1.54) is 11.3 Å². The summed E-state index contributed by atoms with van der Waals surface area (Å²) in [7, 11) is 1.73. The highest BCUT2D eigenvalue weighted by molar-refractivity contribution is 5.58. The number of piperazine rings is 1. The molecule has 0 aliphatic carbocycles. The molecule has 1 N–H and O–H groups in total. The molecule has 0 atom stereocenters. The van der Waals surface area contributed by atoms with E-state index in [0.29, 0.717) is 5.75 Å². The van der Waals surface area contributed by atoms with E-state index < -0.39 is 0 Å². The van der Waals surface area contributed by atoms with Crippen molar-refractivity contribution in [2.45, 2.75) is 33.7 Å². The Morgan fingerprint density at radius 3 is 2.50 bits per heavy atom. The second-order valence-electron chi connectivity index (χ2n) is 7.77. The van der Waals surface area contributed by atoms with Crippen LogP contribution in [-0.4, -0.2) is 43.3 Å². The van der Waals surface area contributed by atoms with Gasteiger partial charge in [0, 0.05) is 37.9 Å². The minimum atomic E-state index is 0.400. The van der Waals surface area contributed by atoms with Crippen LogP contribution in [0.5, 0.6) is 11.5 Å². The summed E-state index contributed by atoms with van der Waals surface area (Å²) in [4.78, 5) is 4.90. The summed E-state index contributed by atoms with van der Waals surface area (Å²) in [5.74, 6) is 1.33. The third-order valence-corrected chi connectivity index (χ3v) is 5.71. The summed E-state index contributed by atoms with van der Waals surface area (Å²) in [6, 6.07) is 10.4. The van der Waals surface area contributed by atoms with Gasteiger partial charge in [-0.15, -0.1) is 0 Å². The van der Waals surface area contributed by atoms with Gasteiger partial charge in [0.05, 0.1) is 12.8 Å². The molecule has 1 aliphatic heterocycles. The number of para-hydroxylation sites is 2. The summed E-state index contributed by atoms with van der Waals surface area (Å²) in [6.45, 7) is 10.9. The van der Waals surface area contributed by atoms with Crippen LogP contribution in [0.2, 0.25) is 0 Å². The Hall–Kier alpha value is -2.72. The molecule has 0 spiro atoms. The van der Waals surface area contributed by atoms with Crippen LogP contribution in [0.3, 0.4) is 0 Å². The lowest BCUT2D eigenvalue weighted by Crippen LogP contribution is -2.47. The molecule has 0 radical (unpaired) electrons. The molecule has 30 heavy (non-hydrogen) atoms. The maximum absolute atomic E-state index is 10.6. The summed E-state index contributed by atoms with van der Waals surface area (Å²) >= 11 is 0. The van der Waals surface area contributed by atoms with Gasteiger partial charge in [0.25, 0.3) is 0 Å². The molecule has 0 amide bonds. The predicted octanol–water partition coefficient (Wildman–Crippen LogP) is 3.58. The van der Waals surface area contributed by atoms with Gasteiger partial charge in [0.1, 0.15) is 11.5 Å². The number of nitrogens with zero attached hydrogens (tertiary/aromatic N) is 2. The summed E-state index contributed by atoms with van der Waals surface area (Å²) in [5, 5.41) is 12.7. The van der Waals surface area contributed by atoms with Gasteiger partial charge in [-0.1, -0.05) is 49.4 Å². The van der Waals surface area contributed by atoms with Crippen molar-refractivity contribution in [2.75, 3.05) is 38.2 Å². The second-order valence-corrected chi connectivity index (χ2v) is 7.77. The van der Waals surface area contributed by atoms with Crippen LogP contribution in [-0.2, 0) is 6.54 Å². The van der Waals surface area contributed by atoms with Crippen LogP contribution in [0.15, 0.2) is 42.5 Å². The van der Waals surface area contributed by atoms with Crippen LogP contribution in [0.4, 0.5) is 5.69 Å². The van der Waals surface area contributed by atoms with Gasteiger partial charge in [-0.2, -0.15) is 0 Å². The van der Waals surface area contributed by atoms with E-state index in [4.69, 9.17) is 4.74 Å². The number of phenolic OH excluding ortho intramolecular Hbond substituents is 1. The molecule has 1 heterocycles. The van der Waals surface area contributed by atoms with Gasteiger partial charge >= 0.3 is 0 Å². The molecule has 3 rings (SSSR count). The van der Waals surface area contributed by atoms with Crippen molar-refractivity contribution in [1.82, 2.24) is 4.90 Å². The first-order valence-electron chi connectivity index (χ1n) is 10.8. The molecule has 1 fully saturated rings. The summed E-state index contributed by atoms with van der Waals surface area (Å²) in [5.41, 5.74) is 3.38. The maximum atomic E-state index is 10.6. The quantitative estimate of drug-likeness (QED) is 0.796. The third kappa shape index (κ3) is 4.88. The average Bonchev–Trinajstić information content (AvgIpc) is 2.77. The highest BCUT2D eigenvalue weighted by atomic mass is 16.5. The van der Waals surface area contributed by atoms with Gasteiger partial charge in [0.15, 0.2) is 0 Å². The first-order valence-corrected chi connectivity index (χ1v) is 10.8. The number of methoxy groups -OCH3 is 1. The number of rotatable bonds is 6. The molecule has 1 saturated heterocycles. The van der Waals surface area contributed by atoms with Crippen LogP contribution >= 0.6 is 0 Å². The fourth-order valence-electron chi connectivity index (χ4n) is 4.13. The largest absolute Gasteiger partial charge is 0.507 e. The van der Waals surface area contributed by atoms with E-state index >= 15 is 0 Å². The van der Waals surface area contributed by atoms with Gasteiger partial charge in [-0.3, -0.25) is 4.90 Å². The molecule has 160 valence electrons. The number of phenols is 1. The normalized spacial score (nSPS) is 16.6. The van der Waals surface area contributed by atoms with E-state index in [-0.39, 0.29) is 0 Å². The second kappa shape index (κ2) is 10.4. The Bertz CT molecular complexity index is 1000. The standard InChI is InChI=1S/C26H34N2O2/c1-5-7-11-22-21(18-20(3)26(29)23(22)10-6-2)19-27-14-16-28(17-15-27)24-12-8-9-13-25(24)30-4/h5,7-13,18,29H,6,14-17,19H2,1-4H3/b7-5-,22-11-,23-10-. The molecule has 4 heteroatoms. The van der Waals surface area contributed by atoms with E-state index in [0.717, 1.165) is 60.9 Å². The van der Waals surface area contributed by atoms with Crippen molar-refractivity contribution in [2.24, 2.45) is 0 Å². The van der Waals surface area contributed by atoms with E-state index in [2.05, 4.69) is 53.2 Å². The topological polar surface area (TPSA) is 35.9 Å². The number of aromatic hydroxyl groups is 1. The van der Waals surface area contributed by atoms with Crippen molar-refractivity contribution in [3.05, 3.63) is 64.0 Å². The molecule has 4 nitrogen and oxygen atoms in total. The summed E-state index contributed by atoms with van der Waals surface area (Å²) < 4.78 is 5.54. The fourth-order valence-corrected chi connectivity index (χ4v) is 4.13. The number of ether oxygens (including phenoxy) is 1. The molecule has 0 aromatic heterocycles. The Balaban J connectivity index is 1.83. The zero-order valence-electron chi connectivity index (χ0n) is 18.7. The van der Waals surface area contributed by atoms with Gasteiger partial charge in [-0.05, 0) is 48.7 Å². The first kappa shape index (κ1) is 22.0. The molecular weight excluding hydrogens is 372 g/mol. The average molecular weight is 407 g/mol. The monoisotopic (exact) mass is 406 g/mol. The van der Waals surface area contributed by atoms with Crippen molar-refractivity contribution < 1.29 is 9.84 Å². The van der Waals surface area contributed by atoms with Crippen LogP contribution in [0.25, 0.3) is 12.2 Å². The molecule has 2 aromatic carbocycles. The fraction of sp³-hybridized carbons (Fsp3) is 0.385. The van der Waals surface area contributed by atoms with E-state index in [1.807, 2.05) is 32.1 Å². The number of benzene rings is 2. The number of hydrogen-bond acceptors (Lipinski definition) is 4. The molecule has 0 saturated carbocycles. The highest BCUT2D eigenvalue weighted by Crippen LogP contribution is 2.28. The number of hydrogen-bond donors (Lipinski definition) is 1. The zero-order chi connectivity index (χ0) is 21.5. The number of allylic oxidation sites excluding steroid dienone is 2. The minimum absolute atomic E-state index is 0.400. The maximum Gasteiger partial charge on any atom is 0.142 e. The van der Waals surface area contributed by atoms with Gasteiger partial charge in [0.2, 0.25) is 0 Å². The lowest BCUT2D eigenvalue weighted by Gasteiger charge is -2.36. The molecule has 1 aliphatic rings. The first-order chi connectivity index (χ1) is 14.6. The molecule has 0 bridgehead atoms. The zero-order valence-corrected chi connectivity index (χ0v) is 18.7. The van der Waals surface area contributed by atoms with E-state index in [1.54, 1.807) is 7.11 Å². The smallest absolute Gasteiger partial charge is 0.142 e. The van der Waals surface area contributed by atoms with Crippen LogP contribution < -0.4 is 20.1 Å². The number of anilines is 1. The Morgan fingerprint density at radius 2 is 1.83 bits per heavy atom. The van der Waals surface area contributed by atoms with Crippen molar-refractivity contribution in [3.63, 3.8) is 0 Å². The van der Waals surface area contributed by atoms with Crippen molar-refractivity contribution in [1.29, 1.82) is 0 Å². The number of aryl methyl sites for hydroxylation is 1. The third-order valence-electron chi connectivity index (χ3n) is 5.71. The van der Waals surface area contributed by atoms with E-state index in [9.17, 15) is 5.11 Å². The lowest BCUT2D eigenvalue weighted by atomic mass is 10.0. The molecule has 2 aromatic rings. The van der Waals surface area contributed by atoms with Gasteiger partial charge in [-0.25, -0.2) is 0 Å². The summed E-state index contributed by atoms with van der Waals surface area (Å²) in [6.07, 6.45) is 9.23. The van der Waals surface area contributed by atoms with Crippen molar-refractivity contribution >= 4 is 17.8 Å². The van der Waals surface area contributed by atoms with Gasteiger partial charge < -0.3 is 14.7 Å². The SMILES string of the molecule is C\C=C/C=c1/c(CN2CCN(c3ccccc3OC)CC2)cc(C)c(O)/c1=C\CC. The Morgan fingerprint density at radius 1 is 1.10 bits per heavy atom. The van der Waals surface area contributed by atoms with Crippen LogP contribution in [0, 0.1) is 6.92 Å². The Labute approximate surface area is 180 Å². The minimum Gasteiger partial charge on any atom is -0.507 e. The molecular formula is C26H34N2O2. The predicted molar refractivity (Wildman–Crippen MR) is 127 cm³/mol. The van der Waals surface area contributed by atoms with Crippen molar-refractivity contribution in [3.8, 4) is 11.5 Å². The Kier molecular flexibility index (Phi) is 7.58. The lowest BCUT2D eigenvalue weighted by molar-refractivity contribution is 0.248.